The summed E-state index contributed by atoms with van der Waals surface area (Å²) in [4.78, 5) is 0. The molecule has 0 heterocycles. The normalized spacial score (nSPS) is 12.7. The molecule has 0 aliphatic rings. The Balaban J connectivity index is 2.54. The molecule has 0 radical (unpaired) electrons. The van der Waals surface area contributed by atoms with Gasteiger partial charge < -0.3 is 5.11 Å². The lowest BCUT2D eigenvalue weighted by molar-refractivity contribution is 0.215. The van der Waals surface area contributed by atoms with Crippen molar-refractivity contribution in [1.82, 2.24) is 0 Å². The molecule has 0 saturated carbocycles. The minimum Gasteiger partial charge on any atom is -0.396 e. The first-order valence-corrected chi connectivity index (χ1v) is 6.41. The molecule has 0 aromatic heterocycles. The Bertz CT molecular complexity index is 286. The van der Waals surface area contributed by atoms with Crippen LogP contribution in [0.4, 0.5) is 0 Å². The molecule has 0 aliphatic carbocycles. The molecule has 1 N–H and O–H groups in total. The molecular formula is C13H19BrO. The number of hydrogen-bond donors (Lipinski definition) is 1. The number of hydrogen-bond acceptors (Lipinski definition) is 1. The predicted molar refractivity (Wildman–Crippen MR) is 67.9 cm³/mol. The Morgan fingerprint density at radius 2 is 2.07 bits per heavy atom. The second-order valence-corrected chi connectivity index (χ2v) is 4.84. The van der Waals surface area contributed by atoms with Crippen molar-refractivity contribution < 1.29 is 5.11 Å². The first-order valence-electron chi connectivity index (χ1n) is 5.62. The van der Waals surface area contributed by atoms with Gasteiger partial charge in [-0.15, -0.1) is 0 Å². The van der Waals surface area contributed by atoms with Crippen LogP contribution in [0.2, 0.25) is 0 Å². The lowest BCUT2D eigenvalue weighted by Gasteiger charge is -2.14. The van der Waals surface area contributed by atoms with E-state index in [2.05, 4.69) is 35.0 Å². The van der Waals surface area contributed by atoms with E-state index in [0.717, 1.165) is 17.3 Å². The molecule has 1 nitrogen and oxygen atoms in total. The van der Waals surface area contributed by atoms with Crippen molar-refractivity contribution in [1.29, 1.82) is 0 Å². The molecule has 0 saturated heterocycles. The monoisotopic (exact) mass is 270 g/mol. The Kier molecular flexibility index (Phi) is 5.96. The number of halogens is 1. The van der Waals surface area contributed by atoms with E-state index < -0.39 is 0 Å². The van der Waals surface area contributed by atoms with Gasteiger partial charge in [-0.25, -0.2) is 0 Å². The third kappa shape index (κ3) is 4.35. The number of benzene rings is 1. The standard InChI is InChI=1S/C13H19BrO/c1-2-3-6-11(10-15)9-12-7-4-5-8-13(12)14/h4-5,7-8,11,15H,2-3,6,9-10H2,1H3. The summed E-state index contributed by atoms with van der Waals surface area (Å²) in [5.74, 6) is 0.406. The molecular weight excluding hydrogens is 252 g/mol. The molecule has 0 aliphatic heterocycles. The molecule has 2 heteroatoms. The zero-order chi connectivity index (χ0) is 11.1. The summed E-state index contributed by atoms with van der Waals surface area (Å²) in [5.41, 5.74) is 1.30. The van der Waals surface area contributed by atoms with Crippen LogP contribution < -0.4 is 0 Å². The van der Waals surface area contributed by atoms with E-state index in [1.54, 1.807) is 0 Å². The van der Waals surface area contributed by atoms with Gasteiger partial charge in [0.2, 0.25) is 0 Å². The fourth-order valence-corrected chi connectivity index (χ4v) is 2.17. The molecule has 0 fully saturated rings. The highest BCUT2D eigenvalue weighted by Crippen LogP contribution is 2.21. The molecule has 84 valence electrons. The van der Waals surface area contributed by atoms with Crippen LogP contribution in [0.25, 0.3) is 0 Å². The van der Waals surface area contributed by atoms with Gasteiger partial charge >= 0.3 is 0 Å². The highest BCUT2D eigenvalue weighted by Gasteiger charge is 2.09. The predicted octanol–water partition coefficient (Wildman–Crippen LogP) is 3.79. The molecule has 1 rings (SSSR count). The summed E-state index contributed by atoms with van der Waals surface area (Å²) < 4.78 is 1.15. The fraction of sp³-hybridized carbons (Fsp3) is 0.538. The molecule has 0 bridgehead atoms. The Morgan fingerprint density at radius 3 is 2.67 bits per heavy atom. The van der Waals surface area contributed by atoms with E-state index in [1.165, 1.54) is 18.4 Å². The zero-order valence-electron chi connectivity index (χ0n) is 9.25. The van der Waals surface area contributed by atoms with Gasteiger partial charge in [0, 0.05) is 11.1 Å². The highest BCUT2D eigenvalue weighted by molar-refractivity contribution is 9.10. The molecule has 0 amide bonds. The van der Waals surface area contributed by atoms with Gasteiger partial charge in [-0.3, -0.25) is 0 Å². The average Bonchev–Trinajstić information content (AvgIpc) is 2.26. The average molecular weight is 271 g/mol. The maximum Gasteiger partial charge on any atom is 0.0462 e. The van der Waals surface area contributed by atoms with E-state index >= 15 is 0 Å². The SMILES string of the molecule is CCCCC(CO)Cc1ccccc1Br. The topological polar surface area (TPSA) is 20.2 Å². The fourth-order valence-electron chi connectivity index (χ4n) is 1.73. The smallest absolute Gasteiger partial charge is 0.0462 e. The summed E-state index contributed by atoms with van der Waals surface area (Å²) in [6, 6.07) is 8.25. The van der Waals surface area contributed by atoms with E-state index in [4.69, 9.17) is 0 Å². The number of aliphatic hydroxyl groups excluding tert-OH is 1. The zero-order valence-corrected chi connectivity index (χ0v) is 10.8. The first-order chi connectivity index (χ1) is 7.27. The van der Waals surface area contributed by atoms with Crippen LogP contribution in [0.1, 0.15) is 31.7 Å². The van der Waals surface area contributed by atoms with Gasteiger partial charge in [-0.2, -0.15) is 0 Å². The maximum atomic E-state index is 9.29. The second kappa shape index (κ2) is 7.02. The van der Waals surface area contributed by atoms with Crippen LogP contribution in [0.15, 0.2) is 28.7 Å². The van der Waals surface area contributed by atoms with Crippen LogP contribution in [0.3, 0.4) is 0 Å². The lowest BCUT2D eigenvalue weighted by Crippen LogP contribution is -2.09. The van der Waals surface area contributed by atoms with Gasteiger partial charge in [0.05, 0.1) is 0 Å². The third-order valence-electron chi connectivity index (χ3n) is 2.69. The van der Waals surface area contributed by atoms with Crippen LogP contribution in [0.5, 0.6) is 0 Å². The van der Waals surface area contributed by atoms with E-state index in [9.17, 15) is 5.11 Å². The van der Waals surface area contributed by atoms with Crippen molar-refractivity contribution in [3.05, 3.63) is 34.3 Å². The minimum absolute atomic E-state index is 0.293. The van der Waals surface area contributed by atoms with Crippen LogP contribution in [0, 0.1) is 5.92 Å². The van der Waals surface area contributed by atoms with Crippen LogP contribution in [-0.4, -0.2) is 11.7 Å². The van der Waals surface area contributed by atoms with Gasteiger partial charge in [0.25, 0.3) is 0 Å². The maximum absolute atomic E-state index is 9.29. The second-order valence-electron chi connectivity index (χ2n) is 3.99. The highest BCUT2D eigenvalue weighted by atomic mass is 79.9. The summed E-state index contributed by atoms with van der Waals surface area (Å²) in [6.45, 7) is 2.48. The van der Waals surface area contributed by atoms with Crippen molar-refractivity contribution in [2.75, 3.05) is 6.61 Å². The molecule has 1 atom stereocenters. The molecule has 1 aromatic rings. The van der Waals surface area contributed by atoms with E-state index in [-0.39, 0.29) is 0 Å². The number of unbranched alkanes of at least 4 members (excludes halogenated alkanes) is 1. The lowest BCUT2D eigenvalue weighted by atomic mass is 9.95. The molecule has 0 spiro atoms. The summed E-state index contributed by atoms with van der Waals surface area (Å²) >= 11 is 3.54. The Hall–Kier alpha value is -0.340. The van der Waals surface area contributed by atoms with Gasteiger partial charge in [-0.05, 0) is 30.4 Å². The van der Waals surface area contributed by atoms with Gasteiger partial charge in [0.15, 0.2) is 0 Å². The molecule has 15 heavy (non-hydrogen) atoms. The van der Waals surface area contributed by atoms with E-state index in [1.807, 2.05) is 12.1 Å². The summed E-state index contributed by atoms with van der Waals surface area (Å²) in [5, 5.41) is 9.29. The van der Waals surface area contributed by atoms with Crippen molar-refractivity contribution in [3.8, 4) is 0 Å². The van der Waals surface area contributed by atoms with Crippen molar-refractivity contribution >= 4 is 15.9 Å². The van der Waals surface area contributed by atoms with Crippen molar-refractivity contribution in [2.45, 2.75) is 32.6 Å². The summed E-state index contributed by atoms with van der Waals surface area (Å²) in [6.07, 6.45) is 4.49. The minimum atomic E-state index is 0.293. The van der Waals surface area contributed by atoms with Gasteiger partial charge in [0.1, 0.15) is 0 Å². The van der Waals surface area contributed by atoms with E-state index in [0.29, 0.717) is 12.5 Å². The van der Waals surface area contributed by atoms with Crippen molar-refractivity contribution in [2.24, 2.45) is 5.92 Å². The van der Waals surface area contributed by atoms with Crippen LogP contribution in [-0.2, 0) is 6.42 Å². The number of rotatable bonds is 6. The van der Waals surface area contributed by atoms with Gasteiger partial charge in [-0.1, -0.05) is 53.9 Å². The molecule has 1 unspecified atom stereocenters. The summed E-state index contributed by atoms with van der Waals surface area (Å²) in [7, 11) is 0. The third-order valence-corrected chi connectivity index (χ3v) is 3.46. The number of aliphatic hydroxyl groups is 1. The largest absolute Gasteiger partial charge is 0.396 e. The van der Waals surface area contributed by atoms with Crippen LogP contribution >= 0.6 is 15.9 Å². The Morgan fingerprint density at radius 1 is 1.33 bits per heavy atom. The molecule has 1 aromatic carbocycles. The Labute approximate surface area is 101 Å². The first kappa shape index (κ1) is 12.7. The van der Waals surface area contributed by atoms with Crippen molar-refractivity contribution in [3.63, 3.8) is 0 Å². The quantitative estimate of drug-likeness (QED) is 0.834.